The minimum absolute atomic E-state index is 0.809. The van der Waals surface area contributed by atoms with E-state index in [0.29, 0.717) is 0 Å². The summed E-state index contributed by atoms with van der Waals surface area (Å²) in [5.41, 5.74) is 0.809. The van der Waals surface area contributed by atoms with Crippen LogP contribution in [0.1, 0.15) is 0 Å². The van der Waals surface area contributed by atoms with Crippen molar-refractivity contribution in [2.45, 2.75) is 0 Å². The van der Waals surface area contributed by atoms with Gasteiger partial charge in [0, 0.05) is 0 Å². The lowest BCUT2D eigenvalue weighted by atomic mass is 10.3. The molecule has 0 unspecified atom stereocenters. The van der Waals surface area contributed by atoms with Gasteiger partial charge in [-0.3, -0.25) is 0 Å². The molecule has 0 heterocycles. The Morgan fingerprint density at radius 3 is 2.60 bits per heavy atom. The van der Waals surface area contributed by atoms with Crippen LogP contribution < -0.4 is 0 Å². The van der Waals surface area contributed by atoms with Gasteiger partial charge in [0.15, 0.2) is 0 Å². The Morgan fingerprint density at radius 1 is 1.30 bits per heavy atom. The summed E-state index contributed by atoms with van der Waals surface area (Å²) in [4.78, 5) is 3.84. The van der Waals surface area contributed by atoms with Crippen LogP contribution in [0, 0.1) is 11.3 Å². The van der Waals surface area contributed by atoms with Crippen molar-refractivity contribution < 1.29 is 0 Å². The summed E-state index contributed by atoms with van der Waals surface area (Å²) < 4.78 is 0. The smallest absolute Gasteiger partial charge is 0.111 e. The van der Waals surface area contributed by atoms with E-state index in [9.17, 15) is 0 Å². The number of nitrogens with zero attached hydrogens (tertiary/aromatic N) is 2. The second-order valence-electron chi connectivity index (χ2n) is 1.72. The van der Waals surface area contributed by atoms with Crippen LogP contribution in [-0.2, 0) is 0 Å². The van der Waals surface area contributed by atoms with E-state index in [2.05, 4.69) is 4.99 Å². The molecular weight excluding hydrogens is 124 g/mol. The summed E-state index contributed by atoms with van der Waals surface area (Å²) in [6.07, 6.45) is 1.22. The van der Waals surface area contributed by atoms with Crippen molar-refractivity contribution >= 4 is 11.9 Å². The number of rotatable bonds is 1. The summed E-state index contributed by atoms with van der Waals surface area (Å²) in [6.45, 7) is 0. The average Bonchev–Trinajstić information content (AvgIpc) is 2.03. The van der Waals surface area contributed by atoms with Gasteiger partial charge in [-0.05, 0) is 12.1 Å². The second-order valence-corrected chi connectivity index (χ2v) is 1.72. The van der Waals surface area contributed by atoms with Crippen LogP contribution in [0.25, 0.3) is 0 Å². The van der Waals surface area contributed by atoms with Crippen LogP contribution in [0.4, 0.5) is 5.69 Å². The highest BCUT2D eigenvalue weighted by Gasteiger charge is 1.79. The molecule has 0 N–H and O–H groups in total. The summed E-state index contributed by atoms with van der Waals surface area (Å²) in [6, 6.07) is 11.2. The predicted octanol–water partition coefficient (Wildman–Crippen LogP) is 1.91. The van der Waals surface area contributed by atoms with Gasteiger partial charge in [-0.15, -0.1) is 0 Å². The molecule has 2 heteroatoms. The van der Waals surface area contributed by atoms with Crippen LogP contribution >= 0.6 is 0 Å². The van der Waals surface area contributed by atoms with Crippen LogP contribution in [0.5, 0.6) is 0 Å². The van der Waals surface area contributed by atoms with Crippen molar-refractivity contribution in [3.05, 3.63) is 30.3 Å². The summed E-state index contributed by atoms with van der Waals surface area (Å²) in [5.74, 6) is 0. The van der Waals surface area contributed by atoms with E-state index in [0.717, 1.165) is 5.69 Å². The van der Waals surface area contributed by atoms with E-state index in [1.165, 1.54) is 6.21 Å². The standard InChI is InChI=1S/C8H6N2/c9-6-7-10-8-4-2-1-3-5-8/h1-5,7H. The Balaban J connectivity index is 2.79. The first-order chi connectivity index (χ1) is 4.93. The fourth-order valence-corrected chi connectivity index (χ4v) is 0.617. The molecule has 0 aromatic heterocycles. The Morgan fingerprint density at radius 2 is 2.00 bits per heavy atom. The summed E-state index contributed by atoms with van der Waals surface area (Å²) >= 11 is 0. The fraction of sp³-hybridized carbons (Fsp3) is 0. The summed E-state index contributed by atoms with van der Waals surface area (Å²) in [7, 11) is 0. The Hall–Kier alpha value is -1.62. The molecule has 0 radical (unpaired) electrons. The zero-order valence-corrected chi connectivity index (χ0v) is 5.36. The maximum atomic E-state index is 8.13. The Kier molecular flexibility index (Phi) is 2.22. The quantitative estimate of drug-likeness (QED) is 0.535. The fourth-order valence-electron chi connectivity index (χ4n) is 0.617. The highest BCUT2D eigenvalue weighted by molar-refractivity contribution is 5.77. The van der Waals surface area contributed by atoms with Crippen LogP contribution in [0.15, 0.2) is 35.3 Å². The first-order valence-electron chi connectivity index (χ1n) is 2.90. The Labute approximate surface area is 59.4 Å². The van der Waals surface area contributed by atoms with Crippen molar-refractivity contribution in [2.75, 3.05) is 0 Å². The highest BCUT2D eigenvalue weighted by atomic mass is 14.7. The van der Waals surface area contributed by atoms with Gasteiger partial charge < -0.3 is 0 Å². The molecule has 0 atom stereocenters. The van der Waals surface area contributed by atoms with E-state index < -0.39 is 0 Å². The molecule has 48 valence electrons. The number of benzene rings is 1. The minimum Gasteiger partial charge on any atom is -0.246 e. The van der Waals surface area contributed by atoms with Crippen LogP contribution in [-0.4, -0.2) is 6.21 Å². The molecule has 1 aromatic rings. The zero-order valence-electron chi connectivity index (χ0n) is 5.36. The third kappa shape index (κ3) is 1.71. The number of hydrogen-bond acceptors (Lipinski definition) is 2. The number of para-hydroxylation sites is 1. The molecule has 0 aliphatic carbocycles. The highest BCUT2D eigenvalue weighted by Crippen LogP contribution is 2.07. The van der Waals surface area contributed by atoms with E-state index in [4.69, 9.17) is 5.26 Å². The third-order valence-electron chi connectivity index (χ3n) is 1.03. The van der Waals surface area contributed by atoms with Crippen molar-refractivity contribution in [1.82, 2.24) is 0 Å². The molecular formula is C8H6N2. The zero-order chi connectivity index (χ0) is 7.23. The van der Waals surface area contributed by atoms with Crippen LogP contribution in [0.2, 0.25) is 0 Å². The molecule has 0 spiro atoms. The van der Waals surface area contributed by atoms with Gasteiger partial charge in [-0.1, -0.05) is 18.2 Å². The normalized spacial score (nSPS) is 9.50. The van der Waals surface area contributed by atoms with Crippen molar-refractivity contribution in [1.29, 1.82) is 5.26 Å². The first kappa shape index (κ1) is 6.50. The Bertz CT molecular complexity index is 256. The predicted molar refractivity (Wildman–Crippen MR) is 40.2 cm³/mol. The van der Waals surface area contributed by atoms with Gasteiger partial charge >= 0.3 is 0 Å². The van der Waals surface area contributed by atoms with E-state index in [1.54, 1.807) is 0 Å². The van der Waals surface area contributed by atoms with Crippen molar-refractivity contribution in [3.8, 4) is 6.07 Å². The van der Waals surface area contributed by atoms with E-state index in [1.807, 2.05) is 36.4 Å². The molecule has 0 fully saturated rings. The molecule has 0 saturated heterocycles. The van der Waals surface area contributed by atoms with E-state index >= 15 is 0 Å². The molecule has 0 amide bonds. The topological polar surface area (TPSA) is 36.1 Å². The minimum atomic E-state index is 0.809. The maximum absolute atomic E-state index is 8.13. The molecule has 0 aliphatic rings. The number of nitriles is 1. The van der Waals surface area contributed by atoms with Gasteiger partial charge in [0.05, 0.1) is 5.69 Å². The molecule has 1 rings (SSSR count). The molecule has 0 aliphatic heterocycles. The average molecular weight is 130 g/mol. The lowest BCUT2D eigenvalue weighted by Crippen LogP contribution is -1.63. The van der Waals surface area contributed by atoms with Crippen molar-refractivity contribution in [2.24, 2.45) is 4.99 Å². The maximum Gasteiger partial charge on any atom is 0.111 e. The second kappa shape index (κ2) is 3.41. The molecule has 0 saturated carbocycles. The van der Waals surface area contributed by atoms with Gasteiger partial charge in [0.25, 0.3) is 0 Å². The van der Waals surface area contributed by atoms with Gasteiger partial charge in [0.2, 0.25) is 0 Å². The molecule has 2 nitrogen and oxygen atoms in total. The van der Waals surface area contributed by atoms with Gasteiger partial charge in [-0.2, -0.15) is 5.26 Å². The lowest BCUT2D eigenvalue weighted by Gasteiger charge is -1.86. The monoisotopic (exact) mass is 130 g/mol. The van der Waals surface area contributed by atoms with Gasteiger partial charge in [0.1, 0.15) is 12.3 Å². The summed E-state index contributed by atoms with van der Waals surface area (Å²) in [5, 5.41) is 8.13. The van der Waals surface area contributed by atoms with Crippen LogP contribution in [0.3, 0.4) is 0 Å². The lowest BCUT2D eigenvalue weighted by molar-refractivity contribution is 1.52. The van der Waals surface area contributed by atoms with E-state index in [-0.39, 0.29) is 0 Å². The first-order valence-corrected chi connectivity index (χ1v) is 2.90. The molecule has 1 aromatic carbocycles. The van der Waals surface area contributed by atoms with Crippen molar-refractivity contribution in [3.63, 3.8) is 0 Å². The number of hydrogen-bond donors (Lipinski definition) is 0. The largest absolute Gasteiger partial charge is 0.246 e. The SMILES string of the molecule is N#CC=Nc1ccccc1. The molecule has 0 bridgehead atoms. The van der Waals surface area contributed by atoms with Gasteiger partial charge in [-0.25, -0.2) is 4.99 Å². The number of aliphatic imine (C=N–C) groups is 1. The molecule has 10 heavy (non-hydrogen) atoms. The third-order valence-corrected chi connectivity index (χ3v) is 1.03.